The standard InChI is InChI=1S/C17H23N5O.ClH/c1-21-12-14(11-20-21)17(23)22(13-15-5-2-3-9-19-15)16-6-4-8-18-10-7-16;/h2-3,5,9,11-12,16,18H,4,6-8,10,13H2,1H3;1H. The molecule has 3 rings (SSSR count). The van der Waals surface area contributed by atoms with Crippen LogP contribution in [0, 0.1) is 0 Å². The van der Waals surface area contributed by atoms with E-state index < -0.39 is 0 Å². The van der Waals surface area contributed by atoms with Gasteiger partial charge in [0.05, 0.1) is 24.0 Å². The van der Waals surface area contributed by atoms with E-state index in [-0.39, 0.29) is 24.4 Å². The van der Waals surface area contributed by atoms with Crippen molar-refractivity contribution in [3.63, 3.8) is 0 Å². The summed E-state index contributed by atoms with van der Waals surface area (Å²) < 4.78 is 1.67. The first-order valence-corrected chi connectivity index (χ1v) is 8.14. The molecule has 3 heterocycles. The lowest BCUT2D eigenvalue weighted by atomic mass is 10.1. The van der Waals surface area contributed by atoms with Crippen LogP contribution in [0.3, 0.4) is 0 Å². The van der Waals surface area contributed by atoms with Gasteiger partial charge in [0.1, 0.15) is 0 Å². The van der Waals surface area contributed by atoms with E-state index in [4.69, 9.17) is 0 Å². The molecular formula is C17H24ClN5O. The fourth-order valence-corrected chi connectivity index (χ4v) is 3.04. The van der Waals surface area contributed by atoms with Crippen molar-refractivity contribution < 1.29 is 4.79 Å². The zero-order valence-electron chi connectivity index (χ0n) is 13.9. The largest absolute Gasteiger partial charge is 0.330 e. The molecule has 0 aliphatic carbocycles. The number of halogens is 1. The predicted octanol–water partition coefficient (Wildman–Crippen LogP) is 2.02. The number of carbonyl (C=O) groups is 1. The van der Waals surface area contributed by atoms with E-state index in [1.165, 1.54) is 0 Å². The second-order valence-electron chi connectivity index (χ2n) is 5.99. The van der Waals surface area contributed by atoms with Crippen molar-refractivity contribution >= 4 is 18.3 Å². The third kappa shape index (κ3) is 4.55. The summed E-state index contributed by atoms with van der Waals surface area (Å²) in [6.45, 7) is 2.51. The smallest absolute Gasteiger partial charge is 0.257 e. The summed E-state index contributed by atoms with van der Waals surface area (Å²) in [4.78, 5) is 19.4. The molecule has 6 nitrogen and oxygen atoms in total. The third-order valence-electron chi connectivity index (χ3n) is 4.26. The van der Waals surface area contributed by atoms with Gasteiger partial charge in [0.25, 0.3) is 5.91 Å². The van der Waals surface area contributed by atoms with Crippen LogP contribution in [0.2, 0.25) is 0 Å². The minimum Gasteiger partial charge on any atom is -0.330 e. The van der Waals surface area contributed by atoms with Crippen LogP contribution in [0.5, 0.6) is 0 Å². The Morgan fingerprint density at radius 1 is 1.38 bits per heavy atom. The first kappa shape index (κ1) is 18.4. The molecule has 1 unspecified atom stereocenters. The maximum Gasteiger partial charge on any atom is 0.257 e. The highest BCUT2D eigenvalue weighted by molar-refractivity contribution is 5.93. The molecule has 0 aromatic carbocycles. The summed E-state index contributed by atoms with van der Waals surface area (Å²) in [5, 5.41) is 7.54. The molecule has 0 radical (unpaired) electrons. The molecule has 1 aliphatic heterocycles. The van der Waals surface area contributed by atoms with Gasteiger partial charge in [-0.2, -0.15) is 5.10 Å². The number of amides is 1. The second kappa shape index (κ2) is 8.80. The van der Waals surface area contributed by atoms with E-state index in [9.17, 15) is 4.79 Å². The zero-order valence-corrected chi connectivity index (χ0v) is 14.7. The lowest BCUT2D eigenvalue weighted by Crippen LogP contribution is -2.40. The lowest BCUT2D eigenvalue weighted by molar-refractivity contribution is 0.0642. The minimum absolute atomic E-state index is 0. The SMILES string of the molecule is Cl.Cn1cc(C(=O)N(Cc2ccccn2)C2CCCNCC2)cn1. The Balaban J connectivity index is 0.00000208. The molecule has 0 saturated carbocycles. The molecule has 24 heavy (non-hydrogen) atoms. The Morgan fingerprint density at radius 2 is 2.25 bits per heavy atom. The quantitative estimate of drug-likeness (QED) is 0.917. The molecule has 1 fully saturated rings. The Hall–Kier alpha value is -1.92. The van der Waals surface area contributed by atoms with Gasteiger partial charge in [0.15, 0.2) is 0 Å². The average molecular weight is 350 g/mol. The maximum absolute atomic E-state index is 13.0. The van der Waals surface area contributed by atoms with Crippen molar-refractivity contribution in [1.29, 1.82) is 0 Å². The fourth-order valence-electron chi connectivity index (χ4n) is 3.04. The van der Waals surface area contributed by atoms with Crippen LogP contribution in [-0.4, -0.2) is 44.7 Å². The van der Waals surface area contributed by atoms with E-state index >= 15 is 0 Å². The number of carbonyl (C=O) groups excluding carboxylic acids is 1. The number of hydrogen-bond donors (Lipinski definition) is 1. The minimum atomic E-state index is 0. The Kier molecular flexibility index (Phi) is 6.75. The van der Waals surface area contributed by atoms with Crippen molar-refractivity contribution in [3.8, 4) is 0 Å². The van der Waals surface area contributed by atoms with Gasteiger partial charge in [-0.15, -0.1) is 12.4 Å². The van der Waals surface area contributed by atoms with Crippen LogP contribution in [0.1, 0.15) is 35.3 Å². The van der Waals surface area contributed by atoms with Crippen LogP contribution in [0.15, 0.2) is 36.8 Å². The normalized spacial score (nSPS) is 17.6. The summed E-state index contributed by atoms with van der Waals surface area (Å²) in [7, 11) is 1.83. The van der Waals surface area contributed by atoms with Crippen molar-refractivity contribution in [2.45, 2.75) is 31.8 Å². The molecule has 1 atom stereocenters. The highest BCUT2D eigenvalue weighted by atomic mass is 35.5. The van der Waals surface area contributed by atoms with Crippen molar-refractivity contribution in [3.05, 3.63) is 48.0 Å². The molecule has 1 N–H and O–H groups in total. The van der Waals surface area contributed by atoms with Crippen LogP contribution in [0.25, 0.3) is 0 Å². The van der Waals surface area contributed by atoms with Crippen molar-refractivity contribution in [1.82, 2.24) is 25.0 Å². The van der Waals surface area contributed by atoms with Crippen LogP contribution >= 0.6 is 12.4 Å². The van der Waals surface area contributed by atoms with E-state index in [2.05, 4.69) is 15.4 Å². The maximum atomic E-state index is 13.0. The first-order chi connectivity index (χ1) is 11.2. The Bertz CT molecular complexity index is 637. The van der Waals surface area contributed by atoms with E-state index in [0.717, 1.165) is 38.0 Å². The zero-order chi connectivity index (χ0) is 16.1. The number of nitrogens with one attached hydrogen (secondary N) is 1. The van der Waals surface area contributed by atoms with Gasteiger partial charge in [-0.3, -0.25) is 14.5 Å². The monoisotopic (exact) mass is 349 g/mol. The molecule has 130 valence electrons. The van der Waals surface area contributed by atoms with Gasteiger partial charge in [0.2, 0.25) is 0 Å². The topological polar surface area (TPSA) is 63.1 Å². The molecule has 0 spiro atoms. The lowest BCUT2D eigenvalue weighted by Gasteiger charge is -2.30. The number of pyridine rings is 1. The van der Waals surface area contributed by atoms with Gasteiger partial charge in [-0.1, -0.05) is 6.07 Å². The third-order valence-corrected chi connectivity index (χ3v) is 4.26. The van der Waals surface area contributed by atoms with E-state index in [1.807, 2.05) is 30.1 Å². The summed E-state index contributed by atoms with van der Waals surface area (Å²) in [6, 6.07) is 6.06. The molecular weight excluding hydrogens is 326 g/mol. The van der Waals surface area contributed by atoms with Crippen molar-refractivity contribution in [2.24, 2.45) is 7.05 Å². The molecule has 0 bridgehead atoms. The van der Waals surface area contributed by atoms with Gasteiger partial charge >= 0.3 is 0 Å². The number of nitrogens with zero attached hydrogens (tertiary/aromatic N) is 4. The molecule has 1 aliphatic rings. The second-order valence-corrected chi connectivity index (χ2v) is 5.99. The first-order valence-electron chi connectivity index (χ1n) is 8.14. The van der Waals surface area contributed by atoms with Gasteiger partial charge < -0.3 is 10.2 Å². The summed E-state index contributed by atoms with van der Waals surface area (Å²) >= 11 is 0. The number of aryl methyl sites for hydroxylation is 1. The van der Waals surface area contributed by atoms with Crippen LogP contribution in [0.4, 0.5) is 0 Å². The number of hydrogen-bond acceptors (Lipinski definition) is 4. The highest BCUT2D eigenvalue weighted by Gasteiger charge is 2.26. The molecule has 2 aromatic rings. The Morgan fingerprint density at radius 3 is 2.96 bits per heavy atom. The van der Waals surface area contributed by atoms with E-state index in [1.54, 1.807) is 23.3 Å². The van der Waals surface area contributed by atoms with Crippen LogP contribution < -0.4 is 5.32 Å². The average Bonchev–Trinajstić information content (AvgIpc) is 2.84. The Labute approximate surface area is 148 Å². The van der Waals surface area contributed by atoms with Gasteiger partial charge in [-0.25, -0.2) is 0 Å². The highest BCUT2D eigenvalue weighted by Crippen LogP contribution is 2.19. The van der Waals surface area contributed by atoms with Crippen LogP contribution in [-0.2, 0) is 13.6 Å². The molecule has 7 heteroatoms. The molecule has 1 amide bonds. The molecule has 2 aromatic heterocycles. The van der Waals surface area contributed by atoms with Crippen molar-refractivity contribution in [2.75, 3.05) is 13.1 Å². The summed E-state index contributed by atoms with van der Waals surface area (Å²) in [5.74, 6) is 0.0376. The molecule has 1 saturated heterocycles. The fraction of sp³-hybridized carbons (Fsp3) is 0.471. The summed E-state index contributed by atoms with van der Waals surface area (Å²) in [6.07, 6.45) is 8.27. The number of aromatic nitrogens is 3. The number of rotatable bonds is 4. The predicted molar refractivity (Wildman–Crippen MR) is 95.1 cm³/mol. The van der Waals surface area contributed by atoms with Gasteiger partial charge in [-0.05, 0) is 44.5 Å². The van der Waals surface area contributed by atoms with Gasteiger partial charge in [0, 0.05) is 25.5 Å². The van der Waals surface area contributed by atoms with E-state index in [0.29, 0.717) is 12.1 Å². The summed E-state index contributed by atoms with van der Waals surface area (Å²) in [5.41, 5.74) is 1.56.